The quantitative estimate of drug-likeness (QED) is 0.783. The average Bonchev–Trinajstić information content (AvgIpc) is 2.37. The van der Waals surface area contributed by atoms with Crippen LogP contribution in [0.2, 0.25) is 0 Å². The molecule has 0 aromatic rings. The first-order valence-corrected chi connectivity index (χ1v) is 7.37. The zero-order chi connectivity index (χ0) is 16.0. The zero-order valence-electron chi connectivity index (χ0n) is 14.3. The van der Waals surface area contributed by atoms with Crippen LogP contribution < -0.4 is 10.6 Å². The summed E-state index contributed by atoms with van der Waals surface area (Å²) in [7, 11) is 0. The molecule has 4 nitrogen and oxygen atoms in total. The summed E-state index contributed by atoms with van der Waals surface area (Å²) in [5.74, 6) is 0.0728. The molecular formula is C15H34N2O2. The molecule has 4 heteroatoms. The maximum absolute atomic E-state index is 11.7. The van der Waals surface area contributed by atoms with Gasteiger partial charge in [-0.2, -0.15) is 0 Å². The number of amides is 1. The zero-order valence-corrected chi connectivity index (χ0v) is 14.3. The molecule has 1 atom stereocenters. The van der Waals surface area contributed by atoms with E-state index in [0.717, 1.165) is 0 Å². The Morgan fingerprint density at radius 2 is 1.37 bits per heavy atom. The molecule has 0 radical (unpaired) electrons. The molecule has 0 aromatic heterocycles. The molecule has 116 valence electrons. The summed E-state index contributed by atoms with van der Waals surface area (Å²) in [6, 6.07) is 0.0184. The minimum absolute atomic E-state index is 0.0320. The smallest absolute Gasteiger partial charge is 0.237 e. The van der Waals surface area contributed by atoms with E-state index in [1.807, 2.05) is 55.4 Å². The number of hydrogen-bond donors (Lipinski definition) is 2. The highest BCUT2D eigenvalue weighted by Gasteiger charge is 2.22. The minimum Gasteiger partial charge on any atom is -0.348 e. The van der Waals surface area contributed by atoms with E-state index in [2.05, 4.69) is 10.6 Å². The topological polar surface area (TPSA) is 58.2 Å². The van der Waals surface area contributed by atoms with E-state index in [-0.39, 0.29) is 36.2 Å². The van der Waals surface area contributed by atoms with Crippen LogP contribution in [-0.4, -0.2) is 30.3 Å². The van der Waals surface area contributed by atoms with Crippen LogP contribution in [0.4, 0.5) is 0 Å². The average molecular weight is 274 g/mol. The van der Waals surface area contributed by atoms with Crippen molar-refractivity contribution in [1.82, 2.24) is 10.6 Å². The van der Waals surface area contributed by atoms with Gasteiger partial charge in [0, 0.05) is 6.04 Å². The Labute approximate surface area is 119 Å². The van der Waals surface area contributed by atoms with Crippen LogP contribution in [0, 0.1) is 5.92 Å². The molecule has 0 aromatic carbocycles. The van der Waals surface area contributed by atoms with E-state index < -0.39 is 0 Å². The van der Waals surface area contributed by atoms with Crippen molar-refractivity contribution >= 4 is 11.7 Å². The summed E-state index contributed by atoms with van der Waals surface area (Å²) in [5.41, 5.74) is 0. The maximum atomic E-state index is 11.7. The number of carbonyl (C=O) groups is 2. The second-order valence-corrected chi connectivity index (χ2v) is 4.46. The first kappa shape index (κ1) is 23.2. The Kier molecular flexibility index (Phi) is 18.5. The van der Waals surface area contributed by atoms with Crippen molar-refractivity contribution in [2.24, 2.45) is 5.92 Å². The molecule has 0 aliphatic rings. The highest BCUT2D eigenvalue weighted by molar-refractivity contribution is 5.87. The van der Waals surface area contributed by atoms with Gasteiger partial charge in [0.15, 0.2) is 0 Å². The maximum Gasteiger partial charge on any atom is 0.237 e. The van der Waals surface area contributed by atoms with Crippen LogP contribution in [0.25, 0.3) is 0 Å². The van der Waals surface area contributed by atoms with Crippen molar-refractivity contribution < 1.29 is 9.59 Å². The lowest BCUT2D eigenvalue weighted by Crippen LogP contribution is -2.50. The lowest BCUT2D eigenvalue weighted by Gasteiger charge is -2.23. The molecule has 1 unspecified atom stereocenters. The molecule has 0 bridgehead atoms. The first-order valence-electron chi connectivity index (χ1n) is 7.37. The fraction of sp³-hybridized carbons (Fsp3) is 0.867. The second-order valence-electron chi connectivity index (χ2n) is 4.46. The molecule has 0 saturated heterocycles. The van der Waals surface area contributed by atoms with Gasteiger partial charge in [-0.3, -0.25) is 9.59 Å². The normalized spacial score (nSPS) is 10.9. The third-order valence-electron chi connectivity index (χ3n) is 1.97. The fourth-order valence-electron chi connectivity index (χ4n) is 1.25. The van der Waals surface area contributed by atoms with Crippen molar-refractivity contribution in [3.63, 3.8) is 0 Å². The minimum atomic E-state index is -0.232. The van der Waals surface area contributed by atoms with Crippen LogP contribution in [0.3, 0.4) is 0 Å². The largest absolute Gasteiger partial charge is 0.348 e. The highest BCUT2D eigenvalue weighted by Crippen LogP contribution is 2.02. The van der Waals surface area contributed by atoms with Crippen molar-refractivity contribution in [1.29, 1.82) is 0 Å². The summed E-state index contributed by atoms with van der Waals surface area (Å²) in [6.07, 6.45) is 0. The standard InChI is InChI=1S/C11H22N2O2.2C2H6/c1-7(2)10(13-8(3)4)11(15)12-6-9(5)14;2*1-2/h7-8,10,13H,6H2,1-5H3,(H,12,15);2*1-2H3. The van der Waals surface area contributed by atoms with Crippen LogP contribution in [0.15, 0.2) is 0 Å². The third kappa shape index (κ3) is 15.0. The van der Waals surface area contributed by atoms with Gasteiger partial charge in [-0.05, 0) is 12.8 Å². The van der Waals surface area contributed by atoms with Crippen molar-refractivity contribution in [3.8, 4) is 0 Å². The molecule has 0 rings (SSSR count). The number of ketones is 1. The Bertz CT molecular complexity index is 226. The summed E-state index contributed by atoms with van der Waals surface area (Å²) in [6.45, 7) is 17.5. The fourth-order valence-corrected chi connectivity index (χ4v) is 1.25. The predicted octanol–water partition coefficient (Wildman–Crippen LogP) is 2.77. The molecule has 1 amide bonds. The van der Waals surface area contributed by atoms with Gasteiger partial charge in [0.1, 0.15) is 5.78 Å². The van der Waals surface area contributed by atoms with Crippen LogP contribution in [0.1, 0.15) is 62.3 Å². The third-order valence-corrected chi connectivity index (χ3v) is 1.97. The molecular weight excluding hydrogens is 240 g/mol. The lowest BCUT2D eigenvalue weighted by atomic mass is 10.0. The van der Waals surface area contributed by atoms with Gasteiger partial charge in [-0.25, -0.2) is 0 Å². The van der Waals surface area contributed by atoms with Gasteiger partial charge < -0.3 is 10.6 Å². The number of rotatable bonds is 6. The summed E-state index contributed by atoms with van der Waals surface area (Å²) in [5, 5.41) is 5.80. The number of nitrogens with one attached hydrogen (secondary N) is 2. The molecule has 0 heterocycles. The second kappa shape index (κ2) is 15.2. The molecule has 0 fully saturated rings. The van der Waals surface area contributed by atoms with Crippen molar-refractivity contribution in [2.75, 3.05) is 6.54 Å². The van der Waals surface area contributed by atoms with Crippen molar-refractivity contribution in [2.45, 2.75) is 74.4 Å². The van der Waals surface area contributed by atoms with E-state index in [4.69, 9.17) is 0 Å². The van der Waals surface area contributed by atoms with Crippen LogP contribution in [-0.2, 0) is 9.59 Å². The number of Topliss-reactive ketones (excluding diaryl/α,β-unsaturated/α-hetero) is 1. The van der Waals surface area contributed by atoms with Crippen molar-refractivity contribution in [3.05, 3.63) is 0 Å². The monoisotopic (exact) mass is 274 g/mol. The van der Waals surface area contributed by atoms with Gasteiger partial charge in [0.05, 0.1) is 12.6 Å². The van der Waals surface area contributed by atoms with E-state index in [1.54, 1.807) is 0 Å². The highest BCUT2D eigenvalue weighted by atomic mass is 16.2. The molecule has 0 aliphatic carbocycles. The van der Waals surface area contributed by atoms with Gasteiger partial charge in [-0.1, -0.05) is 55.4 Å². The van der Waals surface area contributed by atoms with Crippen LogP contribution in [0.5, 0.6) is 0 Å². The van der Waals surface area contributed by atoms with E-state index >= 15 is 0 Å². The first-order chi connectivity index (χ1) is 8.84. The number of hydrogen-bond acceptors (Lipinski definition) is 3. The molecule has 19 heavy (non-hydrogen) atoms. The van der Waals surface area contributed by atoms with Crippen LogP contribution >= 0.6 is 0 Å². The van der Waals surface area contributed by atoms with Gasteiger partial charge in [-0.15, -0.1) is 0 Å². The summed E-state index contributed by atoms with van der Waals surface area (Å²) >= 11 is 0. The number of carbonyl (C=O) groups excluding carboxylic acids is 2. The molecule has 2 N–H and O–H groups in total. The van der Waals surface area contributed by atoms with E-state index in [0.29, 0.717) is 0 Å². The Morgan fingerprint density at radius 3 is 1.63 bits per heavy atom. The summed E-state index contributed by atoms with van der Waals surface area (Å²) < 4.78 is 0. The molecule has 0 aliphatic heterocycles. The van der Waals surface area contributed by atoms with Gasteiger partial charge in [0.25, 0.3) is 0 Å². The Balaban J connectivity index is -0.000000579. The SMILES string of the molecule is CC.CC.CC(=O)CNC(=O)C(NC(C)C)C(C)C. The summed E-state index contributed by atoms with van der Waals surface area (Å²) in [4.78, 5) is 22.4. The lowest BCUT2D eigenvalue weighted by molar-refractivity contribution is -0.126. The van der Waals surface area contributed by atoms with E-state index in [9.17, 15) is 9.59 Å². The van der Waals surface area contributed by atoms with Gasteiger partial charge in [0.2, 0.25) is 5.91 Å². The predicted molar refractivity (Wildman–Crippen MR) is 83.3 cm³/mol. The van der Waals surface area contributed by atoms with Gasteiger partial charge >= 0.3 is 0 Å². The molecule has 0 saturated carbocycles. The van der Waals surface area contributed by atoms with E-state index in [1.165, 1.54) is 6.92 Å². The molecule has 0 spiro atoms. The Hall–Kier alpha value is -0.900. The Morgan fingerprint density at radius 1 is 0.947 bits per heavy atom.